The van der Waals surface area contributed by atoms with E-state index in [0.29, 0.717) is 25.6 Å². The minimum Gasteiger partial charge on any atom is -0.501 e. The molecule has 1 N–H and O–H groups in total. The number of amides is 1. The zero-order chi connectivity index (χ0) is 26.5. The summed E-state index contributed by atoms with van der Waals surface area (Å²) in [6.45, 7) is 5.70. The van der Waals surface area contributed by atoms with E-state index in [4.69, 9.17) is 9.47 Å². The second kappa shape index (κ2) is 12.0. The normalized spacial score (nSPS) is 20.6. The van der Waals surface area contributed by atoms with Crippen molar-refractivity contribution in [3.63, 3.8) is 0 Å². The summed E-state index contributed by atoms with van der Waals surface area (Å²) >= 11 is 0. The molecule has 1 atom stereocenters. The van der Waals surface area contributed by atoms with Crippen molar-refractivity contribution in [1.82, 2.24) is 14.7 Å². The molecule has 3 aliphatic rings. The average Bonchev–Trinajstić information content (AvgIpc) is 2.96. The van der Waals surface area contributed by atoms with Gasteiger partial charge in [0, 0.05) is 69.2 Å². The van der Waals surface area contributed by atoms with Gasteiger partial charge in [-0.1, -0.05) is 30.3 Å². The first-order valence-corrected chi connectivity index (χ1v) is 13.7. The molecule has 0 bridgehead atoms. The standard InChI is InChI=1S/C31H40N4O3/c1-33-16-18-34(19-17-33)28-12-13-30(38-3)26-14-15-35(22-27(26)28)31(36)20-23-8-10-25(11-9-23)32-21-24-6-4-5-7-29(24)37-2/h4-11,22,28,32H,12-21H2,1-3H3. The number of anilines is 1. The number of carbonyl (C=O) groups is 1. The zero-order valence-electron chi connectivity index (χ0n) is 22.9. The highest BCUT2D eigenvalue weighted by molar-refractivity contribution is 5.80. The highest BCUT2D eigenvalue weighted by atomic mass is 16.5. The minimum absolute atomic E-state index is 0.146. The molecule has 0 radical (unpaired) electrons. The van der Waals surface area contributed by atoms with Crippen molar-refractivity contribution < 1.29 is 14.3 Å². The molecule has 202 valence electrons. The highest BCUT2D eigenvalue weighted by Crippen LogP contribution is 2.38. The van der Waals surface area contributed by atoms with Crippen molar-refractivity contribution >= 4 is 11.6 Å². The Kier molecular flexibility index (Phi) is 8.35. The third-order valence-corrected chi connectivity index (χ3v) is 8.12. The summed E-state index contributed by atoms with van der Waals surface area (Å²) in [6.07, 6.45) is 5.41. The van der Waals surface area contributed by atoms with Gasteiger partial charge >= 0.3 is 0 Å². The van der Waals surface area contributed by atoms with Crippen LogP contribution in [0.4, 0.5) is 5.69 Å². The molecule has 2 aromatic rings. The molecule has 0 saturated carbocycles. The first-order chi connectivity index (χ1) is 18.6. The molecule has 1 fully saturated rings. The zero-order valence-corrected chi connectivity index (χ0v) is 22.9. The molecule has 2 aromatic carbocycles. The molecule has 7 heteroatoms. The van der Waals surface area contributed by atoms with Gasteiger partial charge in [-0.25, -0.2) is 0 Å². The quantitative estimate of drug-likeness (QED) is 0.566. The maximum atomic E-state index is 13.4. The monoisotopic (exact) mass is 516 g/mol. The lowest BCUT2D eigenvalue weighted by Crippen LogP contribution is -2.51. The lowest BCUT2D eigenvalue weighted by Gasteiger charge is -2.43. The van der Waals surface area contributed by atoms with E-state index in [-0.39, 0.29) is 5.91 Å². The number of nitrogens with one attached hydrogen (secondary N) is 1. The van der Waals surface area contributed by atoms with Crippen LogP contribution in [-0.2, 0) is 22.5 Å². The second-order valence-electron chi connectivity index (χ2n) is 10.5. The van der Waals surface area contributed by atoms with E-state index in [1.165, 1.54) is 11.1 Å². The summed E-state index contributed by atoms with van der Waals surface area (Å²) in [5.74, 6) is 2.12. The van der Waals surface area contributed by atoms with Crippen LogP contribution in [0.5, 0.6) is 5.75 Å². The third kappa shape index (κ3) is 5.89. The molecule has 5 rings (SSSR count). The van der Waals surface area contributed by atoms with E-state index in [1.807, 2.05) is 47.4 Å². The molecular weight excluding hydrogens is 476 g/mol. The van der Waals surface area contributed by atoms with Crippen molar-refractivity contribution in [3.05, 3.63) is 82.8 Å². The van der Waals surface area contributed by atoms with E-state index in [2.05, 4.69) is 34.4 Å². The SMILES string of the molecule is COC1=C2CCN(C(=O)Cc3ccc(NCc4ccccc4OC)cc3)C=C2C(N2CCN(C)CC2)CC1. The second-order valence-corrected chi connectivity index (χ2v) is 10.5. The van der Waals surface area contributed by atoms with Gasteiger partial charge in [0.25, 0.3) is 0 Å². The first-order valence-electron chi connectivity index (χ1n) is 13.7. The number of para-hydroxylation sites is 1. The van der Waals surface area contributed by atoms with Gasteiger partial charge in [0.05, 0.1) is 26.4 Å². The Labute approximate surface area is 226 Å². The molecule has 0 spiro atoms. The average molecular weight is 517 g/mol. The predicted octanol–water partition coefficient (Wildman–Crippen LogP) is 4.28. The van der Waals surface area contributed by atoms with Crippen LogP contribution in [0, 0.1) is 0 Å². The number of ether oxygens (including phenoxy) is 2. The summed E-state index contributed by atoms with van der Waals surface area (Å²) in [5, 5.41) is 3.45. The van der Waals surface area contributed by atoms with Gasteiger partial charge in [0.1, 0.15) is 5.75 Å². The topological polar surface area (TPSA) is 57.3 Å². The Balaban J connectivity index is 1.24. The predicted molar refractivity (Wildman–Crippen MR) is 151 cm³/mol. The van der Waals surface area contributed by atoms with Crippen LogP contribution in [0.25, 0.3) is 0 Å². The fraction of sp³-hybridized carbons (Fsp3) is 0.452. The molecule has 2 aliphatic heterocycles. The van der Waals surface area contributed by atoms with E-state index in [9.17, 15) is 4.79 Å². The Morgan fingerprint density at radius 1 is 0.947 bits per heavy atom. The fourth-order valence-electron chi connectivity index (χ4n) is 5.85. The number of benzene rings is 2. The number of rotatable bonds is 8. The minimum atomic E-state index is 0.146. The van der Waals surface area contributed by atoms with Crippen LogP contribution >= 0.6 is 0 Å². The number of nitrogens with zero attached hydrogens (tertiary/aromatic N) is 3. The summed E-state index contributed by atoms with van der Waals surface area (Å²) in [7, 11) is 5.66. The van der Waals surface area contributed by atoms with Gasteiger partial charge in [-0.3, -0.25) is 9.69 Å². The molecule has 2 heterocycles. The molecule has 1 aliphatic carbocycles. The molecule has 0 aromatic heterocycles. The fourth-order valence-corrected chi connectivity index (χ4v) is 5.85. The first kappa shape index (κ1) is 26.3. The van der Waals surface area contributed by atoms with Gasteiger partial charge in [0.2, 0.25) is 5.91 Å². The smallest absolute Gasteiger partial charge is 0.230 e. The molecule has 7 nitrogen and oxygen atoms in total. The van der Waals surface area contributed by atoms with Gasteiger partial charge < -0.3 is 24.6 Å². The summed E-state index contributed by atoms with van der Waals surface area (Å²) in [6, 6.07) is 16.6. The third-order valence-electron chi connectivity index (χ3n) is 8.12. The maximum absolute atomic E-state index is 13.4. The molecule has 1 saturated heterocycles. The molecule has 38 heavy (non-hydrogen) atoms. The number of piperazine rings is 1. The van der Waals surface area contributed by atoms with Crippen LogP contribution in [0.1, 0.15) is 30.4 Å². The number of allylic oxidation sites excluding steroid dienone is 1. The summed E-state index contributed by atoms with van der Waals surface area (Å²) < 4.78 is 11.2. The van der Waals surface area contributed by atoms with Crippen molar-refractivity contribution in [2.75, 3.05) is 59.3 Å². The van der Waals surface area contributed by atoms with Crippen molar-refractivity contribution in [2.24, 2.45) is 0 Å². The number of carbonyl (C=O) groups excluding carboxylic acids is 1. The van der Waals surface area contributed by atoms with Gasteiger partial charge in [-0.15, -0.1) is 0 Å². The number of hydrogen-bond acceptors (Lipinski definition) is 6. The highest BCUT2D eigenvalue weighted by Gasteiger charge is 2.35. The van der Waals surface area contributed by atoms with Gasteiger partial charge in [-0.05, 0) is 54.8 Å². The summed E-state index contributed by atoms with van der Waals surface area (Å²) in [4.78, 5) is 20.3. The van der Waals surface area contributed by atoms with Crippen molar-refractivity contribution in [3.8, 4) is 5.75 Å². The number of methoxy groups -OCH3 is 2. The number of likely N-dealkylation sites (N-methyl/N-ethyl adjacent to an activating group) is 1. The summed E-state index contributed by atoms with van der Waals surface area (Å²) in [5.41, 5.74) is 5.75. The van der Waals surface area contributed by atoms with Crippen LogP contribution in [-0.4, -0.2) is 80.6 Å². The van der Waals surface area contributed by atoms with E-state index < -0.39 is 0 Å². The van der Waals surface area contributed by atoms with E-state index in [0.717, 1.165) is 73.8 Å². The Hall–Kier alpha value is -3.29. The van der Waals surface area contributed by atoms with Crippen LogP contribution in [0.15, 0.2) is 71.6 Å². The van der Waals surface area contributed by atoms with E-state index >= 15 is 0 Å². The molecule has 1 amide bonds. The number of fused-ring (bicyclic) bond motifs is 1. The lowest BCUT2D eigenvalue weighted by molar-refractivity contribution is -0.128. The largest absolute Gasteiger partial charge is 0.501 e. The van der Waals surface area contributed by atoms with Gasteiger partial charge in [-0.2, -0.15) is 0 Å². The Morgan fingerprint density at radius 2 is 1.71 bits per heavy atom. The van der Waals surface area contributed by atoms with Gasteiger partial charge in [0.15, 0.2) is 0 Å². The van der Waals surface area contributed by atoms with Crippen molar-refractivity contribution in [1.29, 1.82) is 0 Å². The maximum Gasteiger partial charge on any atom is 0.230 e. The van der Waals surface area contributed by atoms with E-state index in [1.54, 1.807) is 14.2 Å². The van der Waals surface area contributed by atoms with Crippen LogP contribution in [0.3, 0.4) is 0 Å². The number of hydrogen-bond donors (Lipinski definition) is 1. The lowest BCUT2D eigenvalue weighted by atomic mass is 9.83. The Morgan fingerprint density at radius 3 is 2.45 bits per heavy atom. The van der Waals surface area contributed by atoms with Crippen molar-refractivity contribution in [2.45, 2.75) is 38.3 Å². The van der Waals surface area contributed by atoms with Crippen LogP contribution < -0.4 is 10.1 Å². The molecular formula is C31H40N4O3. The Bertz CT molecular complexity index is 1180. The molecule has 1 unspecified atom stereocenters. The van der Waals surface area contributed by atoms with Crippen LogP contribution in [0.2, 0.25) is 0 Å².